The number of aliphatic hydroxyl groups is 1. The Labute approximate surface area is 123 Å². The van der Waals surface area contributed by atoms with Crippen molar-refractivity contribution in [2.24, 2.45) is 0 Å². The lowest BCUT2D eigenvalue weighted by Crippen LogP contribution is -2.35. The molecular weight excluding hydrogens is 250 g/mol. The van der Waals surface area contributed by atoms with Crippen LogP contribution in [0.25, 0.3) is 0 Å². The minimum Gasteiger partial charge on any atom is -0.491 e. The molecule has 0 bridgehead atoms. The standard InChI is InChI=1S/C17H29NO2/c1-6-18(7-2)11-15(19)12-20-16-8-9-17(13(3)4)14(5)10-16/h8-10,13,15,19H,6-7,11-12H2,1-5H3/t15-/m1/s1. The minimum absolute atomic E-state index is 0.344. The number of likely N-dealkylation sites (N-methyl/N-ethyl adjacent to an activating group) is 1. The second kappa shape index (κ2) is 8.28. The first-order valence-electron chi connectivity index (χ1n) is 7.61. The van der Waals surface area contributed by atoms with Crippen molar-refractivity contribution in [1.82, 2.24) is 4.90 Å². The molecule has 20 heavy (non-hydrogen) atoms. The molecule has 1 aromatic rings. The average molecular weight is 279 g/mol. The largest absolute Gasteiger partial charge is 0.491 e. The third-order valence-corrected chi connectivity index (χ3v) is 3.67. The van der Waals surface area contributed by atoms with Crippen molar-refractivity contribution in [3.8, 4) is 5.75 Å². The summed E-state index contributed by atoms with van der Waals surface area (Å²) in [5, 5.41) is 9.99. The van der Waals surface area contributed by atoms with Gasteiger partial charge in [-0.3, -0.25) is 0 Å². The smallest absolute Gasteiger partial charge is 0.119 e. The number of hydrogen-bond donors (Lipinski definition) is 1. The quantitative estimate of drug-likeness (QED) is 0.793. The maximum atomic E-state index is 9.99. The first-order chi connectivity index (χ1) is 9.47. The molecule has 1 aromatic carbocycles. The zero-order chi connectivity index (χ0) is 15.1. The van der Waals surface area contributed by atoms with Crippen molar-refractivity contribution >= 4 is 0 Å². The van der Waals surface area contributed by atoms with Crippen LogP contribution in [0.1, 0.15) is 44.7 Å². The molecule has 0 unspecified atom stereocenters. The second-order valence-corrected chi connectivity index (χ2v) is 5.62. The molecule has 0 spiro atoms. The lowest BCUT2D eigenvalue weighted by molar-refractivity contribution is 0.0716. The molecule has 0 fully saturated rings. The second-order valence-electron chi connectivity index (χ2n) is 5.62. The fraction of sp³-hybridized carbons (Fsp3) is 0.647. The maximum absolute atomic E-state index is 9.99. The Morgan fingerprint density at radius 1 is 1.20 bits per heavy atom. The number of ether oxygens (including phenoxy) is 1. The summed E-state index contributed by atoms with van der Waals surface area (Å²) < 4.78 is 5.70. The van der Waals surface area contributed by atoms with Gasteiger partial charge >= 0.3 is 0 Å². The van der Waals surface area contributed by atoms with E-state index in [0.717, 1.165) is 18.8 Å². The van der Waals surface area contributed by atoms with E-state index in [1.54, 1.807) is 0 Å². The summed E-state index contributed by atoms with van der Waals surface area (Å²) in [6, 6.07) is 6.16. The van der Waals surface area contributed by atoms with Gasteiger partial charge in [-0.15, -0.1) is 0 Å². The van der Waals surface area contributed by atoms with Crippen LogP contribution in [0.2, 0.25) is 0 Å². The van der Waals surface area contributed by atoms with Crippen LogP contribution in [-0.2, 0) is 0 Å². The third kappa shape index (κ3) is 5.14. The minimum atomic E-state index is -0.444. The molecule has 1 atom stereocenters. The molecule has 0 aliphatic carbocycles. The molecule has 3 heteroatoms. The van der Waals surface area contributed by atoms with E-state index < -0.39 is 6.10 Å². The van der Waals surface area contributed by atoms with Gasteiger partial charge in [0.25, 0.3) is 0 Å². The van der Waals surface area contributed by atoms with E-state index in [1.807, 2.05) is 6.07 Å². The molecule has 114 valence electrons. The summed E-state index contributed by atoms with van der Waals surface area (Å²) in [6.07, 6.45) is -0.444. The van der Waals surface area contributed by atoms with Crippen LogP contribution in [0.4, 0.5) is 0 Å². The maximum Gasteiger partial charge on any atom is 0.119 e. The zero-order valence-electron chi connectivity index (χ0n) is 13.5. The van der Waals surface area contributed by atoms with Gasteiger partial charge in [0.15, 0.2) is 0 Å². The molecule has 0 aliphatic heterocycles. The molecule has 3 nitrogen and oxygen atoms in total. The van der Waals surface area contributed by atoms with Crippen LogP contribution in [0.3, 0.4) is 0 Å². The number of benzene rings is 1. The molecule has 0 saturated carbocycles. The zero-order valence-corrected chi connectivity index (χ0v) is 13.5. The number of aliphatic hydroxyl groups excluding tert-OH is 1. The fourth-order valence-electron chi connectivity index (χ4n) is 2.41. The van der Waals surface area contributed by atoms with E-state index in [1.165, 1.54) is 11.1 Å². The Morgan fingerprint density at radius 2 is 1.85 bits per heavy atom. The van der Waals surface area contributed by atoms with Crippen molar-refractivity contribution in [3.05, 3.63) is 29.3 Å². The van der Waals surface area contributed by atoms with Gasteiger partial charge in [0.2, 0.25) is 0 Å². The van der Waals surface area contributed by atoms with Crippen molar-refractivity contribution < 1.29 is 9.84 Å². The van der Waals surface area contributed by atoms with Gasteiger partial charge in [-0.25, -0.2) is 0 Å². The van der Waals surface area contributed by atoms with Crippen molar-refractivity contribution in [2.75, 3.05) is 26.2 Å². The number of hydrogen-bond acceptors (Lipinski definition) is 3. The molecule has 1 rings (SSSR count). The highest BCUT2D eigenvalue weighted by molar-refractivity contribution is 5.36. The lowest BCUT2D eigenvalue weighted by Gasteiger charge is -2.22. The van der Waals surface area contributed by atoms with Crippen LogP contribution < -0.4 is 4.74 Å². The molecule has 1 N–H and O–H groups in total. The Bertz CT molecular complexity index is 400. The van der Waals surface area contributed by atoms with Gasteiger partial charge in [-0.2, -0.15) is 0 Å². The van der Waals surface area contributed by atoms with Gasteiger partial charge < -0.3 is 14.7 Å². The Morgan fingerprint density at radius 3 is 2.35 bits per heavy atom. The third-order valence-electron chi connectivity index (χ3n) is 3.67. The van der Waals surface area contributed by atoms with E-state index in [9.17, 15) is 5.11 Å². The average Bonchev–Trinajstić information content (AvgIpc) is 2.42. The summed E-state index contributed by atoms with van der Waals surface area (Å²) in [4.78, 5) is 2.20. The van der Waals surface area contributed by atoms with Crippen molar-refractivity contribution in [1.29, 1.82) is 0 Å². The van der Waals surface area contributed by atoms with E-state index >= 15 is 0 Å². The highest BCUT2D eigenvalue weighted by Crippen LogP contribution is 2.23. The van der Waals surface area contributed by atoms with Gasteiger partial charge in [0.1, 0.15) is 18.5 Å². The molecule has 0 radical (unpaired) electrons. The van der Waals surface area contributed by atoms with Gasteiger partial charge in [0, 0.05) is 6.54 Å². The number of nitrogens with zero attached hydrogens (tertiary/aromatic N) is 1. The van der Waals surface area contributed by atoms with Gasteiger partial charge in [0.05, 0.1) is 0 Å². The summed E-state index contributed by atoms with van der Waals surface area (Å²) in [5.41, 5.74) is 2.59. The predicted octanol–water partition coefficient (Wildman–Crippen LogP) is 3.20. The Hall–Kier alpha value is -1.06. The molecular formula is C17H29NO2. The molecule has 0 aliphatic rings. The summed E-state index contributed by atoms with van der Waals surface area (Å²) in [5.74, 6) is 1.36. The SMILES string of the molecule is CCN(CC)C[C@@H](O)COc1ccc(C(C)C)c(C)c1. The first kappa shape index (κ1) is 17.0. The summed E-state index contributed by atoms with van der Waals surface area (Å²) >= 11 is 0. The van der Waals surface area contributed by atoms with Gasteiger partial charge in [-0.05, 0) is 49.2 Å². The van der Waals surface area contributed by atoms with Crippen molar-refractivity contribution in [2.45, 2.75) is 46.6 Å². The van der Waals surface area contributed by atoms with Crippen LogP contribution in [0.5, 0.6) is 5.75 Å². The molecule has 0 aromatic heterocycles. The number of aryl methyl sites for hydroxylation is 1. The van der Waals surface area contributed by atoms with Crippen LogP contribution in [0, 0.1) is 6.92 Å². The van der Waals surface area contributed by atoms with Crippen LogP contribution >= 0.6 is 0 Å². The highest BCUT2D eigenvalue weighted by Gasteiger charge is 2.10. The topological polar surface area (TPSA) is 32.7 Å². The normalized spacial score (nSPS) is 13.0. The molecule has 0 saturated heterocycles. The van der Waals surface area contributed by atoms with Crippen molar-refractivity contribution in [3.63, 3.8) is 0 Å². The van der Waals surface area contributed by atoms with E-state index in [2.05, 4.69) is 51.7 Å². The van der Waals surface area contributed by atoms with Gasteiger partial charge in [-0.1, -0.05) is 33.8 Å². The number of rotatable bonds is 8. The van der Waals surface area contributed by atoms with Crippen LogP contribution in [0.15, 0.2) is 18.2 Å². The summed E-state index contributed by atoms with van der Waals surface area (Å²) in [6.45, 7) is 13.6. The van der Waals surface area contributed by atoms with E-state index in [-0.39, 0.29) is 0 Å². The highest BCUT2D eigenvalue weighted by atomic mass is 16.5. The van der Waals surface area contributed by atoms with E-state index in [4.69, 9.17) is 4.74 Å². The predicted molar refractivity (Wildman–Crippen MR) is 84.6 cm³/mol. The lowest BCUT2D eigenvalue weighted by atomic mass is 9.98. The van der Waals surface area contributed by atoms with Crippen LogP contribution in [-0.4, -0.2) is 42.4 Å². The Balaban J connectivity index is 2.51. The molecule has 0 heterocycles. The Kier molecular flexibility index (Phi) is 7.03. The fourth-order valence-corrected chi connectivity index (χ4v) is 2.41. The first-order valence-corrected chi connectivity index (χ1v) is 7.61. The summed E-state index contributed by atoms with van der Waals surface area (Å²) in [7, 11) is 0. The molecule has 0 amide bonds. The van der Waals surface area contributed by atoms with E-state index in [0.29, 0.717) is 19.1 Å². The monoisotopic (exact) mass is 279 g/mol.